The second kappa shape index (κ2) is 8.90. The first-order valence-corrected chi connectivity index (χ1v) is 11.6. The van der Waals surface area contributed by atoms with Crippen molar-refractivity contribution < 1.29 is 9.84 Å². The molecule has 0 aliphatic carbocycles. The number of rotatable bonds is 5. The van der Waals surface area contributed by atoms with Crippen LogP contribution in [0.2, 0.25) is 5.02 Å². The zero-order valence-corrected chi connectivity index (χ0v) is 19.0. The summed E-state index contributed by atoms with van der Waals surface area (Å²) in [5, 5.41) is 11.3. The summed E-state index contributed by atoms with van der Waals surface area (Å²) >= 11 is 7.87. The third-order valence-corrected chi connectivity index (χ3v) is 6.68. The Kier molecular flexibility index (Phi) is 5.83. The third-order valence-electron chi connectivity index (χ3n) is 5.36. The lowest BCUT2D eigenvalue weighted by Crippen LogP contribution is -2.13. The number of aryl methyl sites for hydroxylation is 1. The van der Waals surface area contributed by atoms with Gasteiger partial charge in [0.15, 0.2) is 11.6 Å². The van der Waals surface area contributed by atoms with Gasteiger partial charge < -0.3 is 9.84 Å². The predicted molar refractivity (Wildman–Crippen MR) is 126 cm³/mol. The van der Waals surface area contributed by atoms with Gasteiger partial charge in [0.25, 0.3) is 0 Å². The SMILES string of the molecule is Cc1ncc(CO)c2c1Oc1nc(-c3cccc(Cl)c3)nc(SCc3ccccc3)c1C2. The Morgan fingerprint density at radius 1 is 1.06 bits per heavy atom. The smallest absolute Gasteiger partial charge is 0.227 e. The van der Waals surface area contributed by atoms with E-state index in [1.54, 1.807) is 18.0 Å². The summed E-state index contributed by atoms with van der Waals surface area (Å²) in [6.45, 7) is 1.80. The highest BCUT2D eigenvalue weighted by Gasteiger charge is 2.27. The van der Waals surface area contributed by atoms with E-state index in [-0.39, 0.29) is 6.61 Å². The van der Waals surface area contributed by atoms with Crippen LogP contribution in [0.3, 0.4) is 0 Å². The highest BCUT2D eigenvalue weighted by atomic mass is 35.5. The van der Waals surface area contributed by atoms with Gasteiger partial charge in [-0.1, -0.05) is 54.1 Å². The summed E-state index contributed by atoms with van der Waals surface area (Å²) in [7, 11) is 0. The molecule has 5 rings (SSSR count). The van der Waals surface area contributed by atoms with Gasteiger partial charge in [-0.3, -0.25) is 4.98 Å². The lowest BCUT2D eigenvalue weighted by atomic mass is 9.99. The number of thioether (sulfide) groups is 1. The molecule has 7 heteroatoms. The van der Waals surface area contributed by atoms with E-state index in [0.717, 1.165) is 38.7 Å². The van der Waals surface area contributed by atoms with E-state index >= 15 is 0 Å². The van der Waals surface area contributed by atoms with E-state index in [1.807, 2.05) is 49.4 Å². The molecule has 2 aromatic heterocycles. The molecule has 0 fully saturated rings. The highest BCUT2D eigenvalue weighted by Crippen LogP contribution is 2.43. The van der Waals surface area contributed by atoms with Crippen LogP contribution in [0.1, 0.15) is 27.9 Å². The molecule has 0 atom stereocenters. The van der Waals surface area contributed by atoms with Gasteiger partial charge in [-0.2, -0.15) is 4.98 Å². The number of hydrogen-bond acceptors (Lipinski definition) is 6. The van der Waals surface area contributed by atoms with Gasteiger partial charge in [0, 0.05) is 40.1 Å². The molecule has 0 saturated carbocycles. The van der Waals surface area contributed by atoms with Crippen LogP contribution in [-0.4, -0.2) is 20.1 Å². The number of benzene rings is 2. The third kappa shape index (κ3) is 4.09. The van der Waals surface area contributed by atoms with E-state index in [9.17, 15) is 5.11 Å². The number of aliphatic hydroxyl groups excluding tert-OH is 1. The van der Waals surface area contributed by atoms with Crippen molar-refractivity contribution in [2.24, 2.45) is 0 Å². The summed E-state index contributed by atoms with van der Waals surface area (Å²) in [6.07, 6.45) is 2.29. The highest BCUT2D eigenvalue weighted by molar-refractivity contribution is 7.98. The molecule has 4 aromatic rings. The predicted octanol–water partition coefficient (Wildman–Crippen LogP) is 5.98. The minimum absolute atomic E-state index is 0.0950. The van der Waals surface area contributed by atoms with Crippen LogP contribution in [0, 0.1) is 6.92 Å². The van der Waals surface area contributed by atoms with Crippen molar-refractivity contribution in [3.8, 4) is 23.0 Å². The number of aromatic nitrogens is 3. The number of fused-ring (bicyclic) bond motifs is 2. The Balaban J connectivity index is 1.60. The Morgan fingerprint density at radius 3 is 2.69 bits per heavy atom. The van der Waals surface area contributed by atoms with Crippen LogP contribution in [0.25, 0.3) is 11.4 Å². The zero-order chi connectivity index (χ0) is 22.1. The molecular formula is C25H20ClN3O2S. The standard InChI is InChI=1S/C25H20ClN3O2S/c1-15-22-20(18(13-30)12-27-15)11-21-24(31-22)28-23(17-8-5-9-19(26)10-17)29-25(21)32-14-16-6-3-2-4-7-16/h2-10,12,30H,11,13-14H2,1H3. The van der Waals surface area contributed by atoms with E-state index in [4.69, 9.17) is 26.3 Å². The molecule has 0 unspecified atom stereocenters. The van der Waals surface area contributed by atoms with Crippen molar-refractivity contribution >= 4 is 23.4 Å². The molecule has 1 aliphatic rings. The van der Waals surface area contributed by atoms with Crippen LogP contribution in [0.15, 0.2) is 65.8 Å². The minimum atomic E-state index is -0.0950. The summed E-state index contributed by atoms with van der Waals surface area (Å²) in [5.74, 6) is 2.53. The van der Waals surface area contributed by atoms with Crippen LogP contribution < -0.4 is 4.74 Å². The molecule has 2 aromatic carbocycles. The van der Waals surface area contributed by atoms with E-state index in [0.29, 0.717) is 28.9 Å². The number of ether oxygens (including phenoxy) is 1. The number of pyridine rings is 1. The monoisotopic (exact) mass is 461 g/mol. The van der Waals surface area contributed by atoms with Crippen molar-refractivity contribution in [3.63, 3.8) is 0 Å². The van der Waals surface area contributed by atoms with E-state index < -0.39 is 0 Å². The van der Waals surface area contributed by atoms with Crippen LogP contribution >= 0.6 is 23.4 Å². The summed E-state index contributed by atoms with van der Waals surface area (Å²) in [4.78, 5) is 14.0. The van der Waals surface area contributed by atoms with Crippen LogP contribution in [0.5, 0.6) is 11.6 Å². The van der Waals surface area contributed by atoms with Gasteiger partial charge in [0.1, 0.15) is 5.03 Å². The van der Waals surface area contributed by atoms with E-state index in [1.165, 1.54) is 5.56 Å². The molecule has 0 radical (unpaired) electrons. The molecule has 160 valence electrons. The van der Waals surface area contributed by atoms with Crippen molar-refractivity contribution in [3.05, 3.63) is 93.8 Å². The lowest BCUT2D eigenvalue weighted by Gasteiger charge is -2.24. The van der Waals surface area contributed by atoms with Crippen molar-refractivity contribution in [2.45, 2.75) is 30.7 Å². The second-order valence-corrected chi connectivity index (χ2v) is 8.93. The van der Waals surface area contributed by atoms with Crippen molar-refractivity contribution in [1.82, 2.24) is 15.0 Å². The maximum Gasteiger partial charge on any atom is 0.227 e. The van der Waals surface area contributed by atoms with Crippen LogP contribution in [-0.2, 0) is 18.8 Å². The molecule has 0 bridgehead atoms. The number of hydrogen-bond donors (Lipinski definition) is 1. The first kappa shape index (κ1) is 20.9. The molecule has 0 amide bonds. The molecule has 0 saturated heterocycles. The quantitative estimate of drug-likeness (QED) is 0.256. The summed E-state index contributed by atoms with van der Waals surface area (Å²) in [6, 6.07) is 17.8. The van der Waals surface area contributed by atoms with E-state index in [2.05, 4.69) is 17.1 Å². The Hall–Kier alpha value is -2.93. The Morgan fingerprint density at radius 2 is 1.91 bits per heavy atom. The molecular weight excluding hydrogens is 442 g/mol. The fourth-order valence-corrected chi connectivity index (χ4v) is 4.87. The fraction of sp³-hybridized carbons (Fsp3) is 0.160. The average molecular weight is 462 g/mol. The van der Waals surface area contributed by atoms with Gasteiger partial charge in [-0.15, -0.1) is 11.8 Å². The molecule has 5 nitrogen and oxygen atoms in total. The van der Waals surface area contributed by atoms with Crippen LogP contribution in [0.4, 0.5) is 0 Å². The largest absolute Gasteiger partial charge is 0.436 e. The van der Waals surface area contributed by atoms with Crippen molar-refractivity contribution in [1.29, 1.82) is 0 Å². The maximum absolute atomic E-state index is 9.83. The summed E-state index contributed by atoms with van der Waals surface area (Å²) < 4.78 is 6.26. The fourth-order valence-electron chi connectivity index (χ4n) is 3.70. The summed E-state index contributed by atoms with van der Waals surface area (Å²) in [5.41, 5.74) is 5.42. The topological polar surface area (TPSA) is 68.1 Å². The molecule has 0 spiro atoms. The Labute approximate surface area is 195 Å². The molecule has 1 aliphatic heterocycles. The van der Waals surface area contributed by atoms with Gasteiger partial charge in [0.2, 0.25) is 5.88 Å². The lowest BCUT2D eigenvalue weighted by molar-refractivity contribution is 0.278. The molecule has 1 N–H and O–H groups in total. The normalized spacial score (nSPS) is 12.1. The van der Waals surface area contributed by atoms with Crippen molar-refractivity contribution in [2.75, 3.05) is 0 Å². The Bertz CT molecular complexity index is 1300. The van der Waals surface area contributed by atoms with Gasteiger partial charge >= 0.3 is 0 Å². The first-order chi connectivity index (χ1) is 15.6. The second-order valence-electron chi connectivity index (χ2n) is 7.53. The molecule has 3 heterocycles. The zero-order valence-electron chi connectivity index (χ0n) is 17.4. The number of nitrogens with zero attached hydrogens (tertiary/aromatic N) is 3. The number of halogens is 1. The minimum Gasteiger partial charge on any atom is -0.436 e. The maximum atomic E-state index is 9.83. The number of aliphatic hydroxyl groups is 1. The molecule has 32 heavy (non-hydrogen) atoms. The van der Waals surface area contributed by atoms with Gasteiger partial charge in [-0.25, -0.2) is 4.98 Å². The average Bonchev–Trinajstić information content (AvgIpc) is 2.82. The van der Waals surface area contributed by atoms with Gasteiger partial charge in [-0.05, 0) is 24.6 Å². The van der Waals surface area contributed by atoms with Gasteiger partial charge in [0.05, 0.1) is 17.9 Å². The first-order valence-electron chi connectivity index (χ1n) is 10.2.